The lowest BCUT2D eigenvalue weighted by molar-refractivity contribution is -0.141. The third-order valence-electron chi connectivity index (χ3n) is 2.63. The van der Waals surface area contributed by atoms with Gasteiger partial charge in [0, 0.05) is 10.6 Å². The van der Waals surface area contributed by atoms with Gasteiger partial charge >= 0.3 is 6.18 Å². The summed E-state index contributed by atoms with van der Waals surface area (Å²) in [6.45, 7) is 0. The van der Waals surface area contributed by atoms with E-state index in [-0.39, 0.29) is 27.7 Å². The van der Waals surface area contributed by atoms with E-state index in [0.717, 1.165) is 6.07 Å². The molecule has 0 bridgehead atoms. The summed E-state index contributed by atoms with van der Waals surface area (Å²) in [5.74, 6) is -2.03. The zero-order valence-electron chi connectivity index (χ0n) is 11.7. The van der Waals surface area contributed by atoms with Crippen molar-refractivity contribution < 1.29 is 28.0 Å². The number of rotatable bonds is 6. The Morgan fingerprint density at radius 1 is 1.44 bits per heavy atom. The number of hydrogen-bond acceptors (Lipinski definition) is 9. The maximum Gasteiger partial charge on any atom is 0.432 e. The van der Waals surface area contributed by atoms with Crippen LogP contribution in [0.5, 0.6) is 0 Å². The molecule has 2 heterocycles. The highest BCUT2D eigenvalue weighted by Crippen LogP contribution is 2.37. The molecule has 0 aromatic carbocycles. The van der Waals surface area contributed by atoms with Crippen molar-refractivity contribution in [1.29, 1.82) is 0 Å². The highest BCUT2D eigenvalue weighted by molar-refractivity contribution is 7.99. The number of primary amides is 1. The zero-order valence-corrected chi connectivity index (χ0v) is 13.3. The van der Waals surface area contributed by atoms with Gasteiger partial charge in [-0.3, -0.25) is 19.9 Å². The number of nitrogens with one attached hydrogen (secondary N) is 2. The van der Waals surface area contributed by atoms with Crippen LogP contribution in [0.1, 0.15) is 26.5 Å². The van der Waals surface area contributed by atoms with Gasteiger partial charge in [0.25, 0.3) is 11.8 Å². The summed E-state index contributed by atoms with van der Waals surface area (Å²) in [5.41, 5.74) is 3.09. The number of carbonyl (C=O) groups is 2. The average Bonchev–Trinajstić information content (AvgIpc) is 3.13. The Balaban J connectivity index is 2.26. The summed E-state index contributed by atoms with van der Waals surface area (Å²) < 4.78 is 40.2. The molecule has 134 valence electrons. The second-order valence-corrected chi connectivity index (χ2v) is 5.93. The summed E-state index contributed by atoms with van der Waals surface area (Å²) in [6, 6.07) is 1.55. The van der Waals surface area contributed by atoms with Crippen LogP contribution >= 0.6 is 23.5 Å². The molecule has 0 aliphatic carbocycles. The quantitative estimate of drug-likeness (QED) is 0.332. The van der Waals surface area contributed by atoms with E-state index in [4.69, 9.17) is 5.73 Å². The predicted octanol–water partition coefficient (Wildman–Crippen LogP) is 2.37. The first-order valence-corrected chi connectivity index (χ1v) is 7.54. The van der Waals surface area contributed by atoms with E-state index in [1.807, 2.05) is 0 Å². The SMILES string of the molecule is NC(=O)c1cc(N(O)SN=O)sc1NC(=O)c1cc(C(F)(F)F)[nH]n1. The lowest BCUT2D eigenvalue weighted by Crippen LogP contribution is -2.16. The average molecular weight is 396 g/mol. The van der Waals surface area contributed by atoms with Crippen LogP contribution in [0.4, 0.5) is 23.2 Å². The minimum atomic E-state index is -4.71. The van der Waals surface area contributed by atoms with E-state index in [1.54, 1.807) is 5.10 Å². The van der Waals surface area contributed by atoms with Gasteiger partial charge in [-0.2, -0.15) is 22.7 Å². The summed E-state index contributed by atoms with van der Waals surface area (Å²) in [5, 5.41) is 16.3. The lowest BCUT2D eigenvalue weighted by Gasteiger charge is -2.05. The van der Waals surface area contributed by atoms with Gasteiger partial charge in [-0.15, -0.1) is 4.91 Å². The fourth-order valence-corrected chi connectivity index (χ4v) is 2.86. The lowest BCUT2D eigenvalue weighted by atomic mass is 10.3. The third kappa shape index (κ3) is 4.25. The summed E-state index contributed by atoms with van der Waals surface area (Å²) in [4.78, 5) is 33.5. The Kier molecular flexibility index (Phi) is 5.29. The molecule has 2 rings (SSSR count). The molecular formula is C10H7F3N6O4S2. The van der Waals surface area contributed by atoms with Crippen molar-refractivity contribution in [1.82, 2.24) is 10.2 Å². The van der Waals surface area contributed by atoms with Crippen LogP contribution in [-0.4, -0.2) is 27.2 Å². The second-order valence-electron chi connectivity index (χ2n) is 4.24. The molecule has 2 aromatic heterocycles. The van der Waals surface area contributed by atoms with Crippen molar-refractivity contribution in [3.63, 3.8) is 0 Å². The van der Waals surface area contributed by atoms with E-state index < -0.39 is 29.4 Å². The molecular weight excluding hydrogens is 389 g/mol. The second kappa shape index (κ2) is 7.08. The number of anilines is 2. The van der Waals surface area contributed by atoms with E-state index in [9.17, 15) is 32.9 Å². The first-order valence-electron chi connectivity index (χ1n) is 6.00. The van der Waals surface area contributed by atoms with Crippen LogP contribution in [0.2, 0.25) is 0 Å². The van der Waals surface area contributed by atoms with Gasteiger partial charge in [0.1, 0.15) is 15.7 Å². The number of nitroso groups, excluding NO2 is 1. The smallest absolute Gasteiger partial charge is 0.366 e. The number of carbonyl (C=O) groups excluding carboxylic acids is 2. The molecule has 2 aromatic rings. The molecule has 0 fully saturated rings. The van der Waals surface area contributed by atoms with Crippen molar-refractivity contribution in [2.24, 2.45) is 10.3 Å². The van der Waals surface area contributed by atoms with Gasteiger partial charge in [-0.05, 0) is 6.07 Å². The van der Waals surface area contributed by atoms with E-state index in [0.29, 0.717) is 21.9 Å². The van der Waals surface area contributed by atoms with E-state index in [2.05, 4.69) is 15.0 Å². The number of hydrogen-bond donors (Lipinski definition) is 4. The Morgan fingerprint density at radius 2 is 2.12 bits per heavy atom. The Bertz CT molecular complexity index is 820. The van der Waals surface area contributed by atoms with Crippen molar-refractivity contribution in [3.8, 4) is 0 Å². The molecule has 0 aliphatic heterocycles. The molecule has 0 radical (unpaired) electrons. The van der Waals surface area contributed by atoms with Crippen molar-refractivity contribution in [3.05, 3.63) is 34.0 Å². The number of thiophene rings is 1. The highest BCUT2D eigenvalue weighted by atomic mass is 32.2. The topological polar surface area (TPSA) is 154 Å². The first kappa shape index (κ1) is 18.7. The van der Waals surface area contributed by atoms with Gasteiger partial charge in [-0.25, -0.2) is 0 Å². The van der Waals surface area contributed by atoms with E-state index in [1.165, 1.54) is 0 Å². The van der Waals surface area contributed by atoms with Crippen molar-refractivity contribution in [2.45, 2.75) is 6.18 Å². The molecule has 0 unspecified atom stereocenters. The van der Waals surface area contributed by atoms with Crippen molar-refractivity contribution in [2.75, 3.05) is 9.79 Å². The van der Waals surface area contributed by atoms with Gasteiger partial charge in [-0.1, -0.05) is 11.3 Å². The van der Waals surface area contributed by atoms with E-state index >= 15 is 0 Å². The van der Waals surface area contributed by atoms with Crippen LogP contribution in [0.25, 0.3) is 0 Å². The van der Waals surface area contributed by atoms with Crippen LogP contribution in [0.15, 0.2) is 16.7 Å². The number of nitrogens with zero attached hydrogens (tertiary/aromatic N) is 3. The molecule has 0 saturated carbocycles. The number of amides is 2. The summed E-state index contributed by atoms with van der Waals surface area (Å²) in [7, 11) is 0. The Labute approximate surface area is 144 Å². The minimum absolute atomic E-state index is 0.0771. The number of alkyl halides is 3. The number of halogens is 3. The van der Waals surface area contributed by atoms with Crippen LogP contribution in [0, 0.1) is 4.91 Å². The van der Waals surface area contributed by atoms with Crippen LogP contribution in [-0.2, 0) is 6.18 Å². The number of aromatic nitrogens is 2. The largest absolute Gasteiger partial charge is 0.432 e. The molecule has 10 nitrogen and oxygen atoms in total. The molecule has 0 aliphatic rings. The monoisotopic (exact) mass is 396 g/mol. The van der Waals surface area contributed by atoms with Gasteiger partial charge in [0.05, 0.1) is 5.56 Å². The van der Waals surface area contributed by atoms with Crippen LogP contribution < -0.4 is 15.5 Å². The number of H-pyrrole nitrogens is 1. The van der Waals surface area contributed by atoms with Crippen molar-refractivity contribution >= 4 is 45.3 Å². The predicted molar refractivity (Wildman–Crippen MR) is 82.0 cm³/mol. The highest BCUT2D eigenvalue weighted by Gasteiger charge is 2.34. The summed E-state index contributed by atoms with van der Waals surface area (Å²) in [6.07, 6.45) is -4.71. The molecule has 0 spiro atoms. The molecule has 15 heteroatoms. The third-order valence-corrected chi connectivity index (χ3v) is 4.19. The molecule has 5 N–H and O–H groups in total. The maximum atomic E-state index is 12.5. The normalized spacial score (nSPS) is 11.2. The van der Waals surface area contributed by atoms with Crippen LogP contribution in [0.3, 0.4) is 0 Å². The number of nitrogens with two attached hydrogens (primary N) is 1. The molecule has 2 amide bonds. The summed E-state index contributed by atoms with van der Waals surface area (Å²) >= 11 is 0.735. The minimum Gasteiger partial charge on any atom is -0.366 e. The number of aromatic amines is 1. The molecule has 25 heavy (non-hydrogen) atoms. The fourth-order valence-electron chi connectivity index (χ4n) is 1.57. The standard InChI is InChI=1S/C10H7F3N6O4S2/c11-10(12,13)5-2-4(16-17-5)8(21)15-9-3(7(14)20)1-6(24-9)19(23)25-18-22/h1-2,23H,(H2,14,20)(H,15,21)(H,16,17). The Morgan fingerprint density at radius 3 is 2.64 bits per heavy atom. The Hall–Kier alpha value is -2.65. The van der Waals surface area contributed by atoms with Gasteiger partial charge in [0.2, 0.25) is 0 Å². The fraction of sp³-hybridized carbons (Fsp3) is 0.100. The van der Waals surface area contributed by atoms with Gasteiger partial charge < -0.3 is 11.1 Å². The molecule has 0 saturated heterocycles. The zero-order chi connectivity index (χ0) is 18.8. The van der Waals surface area contributed by atoms with Gasteiger partial charge in [0.15, 0.2) is 17.8 Å². The maximum absolute atomic E-state index is 12.5. The molecule has 0 atom stereocenters. The first-order chi connectivity index (χ1) is 11.6.